The van der Waals surface area contributed by atoms with Crippen LogP contribution in [0.3, 0.4) is 0 Å². The highest BCUT2D eigenvalue weighted by molar-refractivity contribution is 5.67. The van der Waals surface area contributed by atoms with E-state index in [-0.39, 0.29) is 0 Å². The van der Waals surface area contributed by atoms with E-state index in [1.807, 2.05) is 35.8 Å². The first-order valence-electron chi connectivity index (χ1n) is 2.18. The van der Waals surface area contributed by atoms with Gasteiger partial charge in [-0.15, -0.1) is 4.58 Å². The van der Waals surface area contributed by atoms with Crippen LogP contribution in [0.5, 0.6) is 0 Å². The molecule has 0 unspecified atom stereocenters. The van der Waals surface area contributed by atoms with Crippen LogP contribution in [0.4, 0.5) is 0 Å². The number of nitrogens with zero attached hydrogens (tertiary/aromatic N) is 2. The van der Waals surface area contributed by atoms with Crippen LogP contribution in [-0.2, 0) is 0 Å². The number of hydrogen-bond acceptors (Lipinski definition) is 0. The van der Waals surface area contributed by atoms with Gasteiger partial charge in [0.1, 0.15) is 14.1 Å². The Bertz CT molecular complexity index is 133. The van der Waals surface area contributed by atoms with Crippen LogP contribution < -0.4 is 0 Å². The van der Waals surface area contributed by atoms with E-state index >= 15 is 0 Å². The van der Waals surface area contributed by atoms with Crippen molar-refractivity contribution in [2.75, 3.05) is 14.1 Å². The maximum Gasteiger partial charge on any atom is 0.407 e. The summed E-state index contributed by atoms with van der Waals surface area (Å²) in [5.41, 5.74) is 0. The Kier molecular flexibility index (Phi) is 0.929. The molecule has 1 aliphatic heterocycles. The first-order valence-corrected chi connectivity index (χ1v) is 2.18. The van der Waals surface area contributed by atoms with Gasteiger partial charge in [0.05, 0.1) is 0 Å². The standard InChI is InChI=1S/C5H8N2/c1-6-3-4-7(2)5-6/h3,5H,1-2H3/q+2. The van der Waals surface area contributed by atoms with Gasteiger partial charge >= 0.3 is 12.9 Å². The Hall–Kier alpha value is -0.660. The topological polar surface area (TPSA) is 6.02 Å². The molecule has 1 aliphatic rings. The fourth-order valence-corrected chi connectivity index (χ4v) is 0.522. The van der Waals surface area contributed by atoms with E-state index in [0.29, 0.717) is 0 Å². The Morgan fingerprint density at radius 3 is 2.29 bits per heavy atom. The van der Waals surface area contributed by atoms with Gasteiger partial charge in [-0.05, 0) is 0 Å². The highest BCUT2D eigenvalue weighted by Gasteiger charge is 2.13. The lowest BCUT2D eigenvalue weighted by Gasteiger charge is -1.67. The fraction of sp³-hybridized carbons (Fsp3) is 0.400. The largest absolute Gasteiger partial charge is 0.407 e. The third-order valence-corrected chi connectivity index (χ3v) is 0.820. The van der Waals surface area contributed by atoms with Gasteiger partial charge in [-0.25, -0.2) is 0 Å². The van der Waals surface area contributed by atoms with E-state index in [4.69, 9.17) is 0 Å². The van der Waals surface area contributed by atoms with E-state index < -0.39 is 0 Å². The molecule has 0 saturated heterocycles. The summed E-state index contributed by atoms with van der Waals surface area (Å²) < 4.78 is 3.82. The normalized spacial score (nSPS) is 19.1. The van der Waals surface area contributed by atoms with Crippen molar-refractivity contribution in [2.45, 2.75) is 0 Å². The Morgan fingerprint density at radius 2 is 2.14 bits per heavy atom. The summed E-state index contributed by atoms with van der Waals surface area (Å²) in [7, 11) is 3.91. The van der Waals surface area contributed by atoms with Crippen molar-refractivity contribution in [1.29, 1.82) is 0 Å². The maximum atomic E-state index is 2.95. The van der Waals surface area contributed by atoms with Gasteiger partial charge in [-0.2, -0.15) is 4.58 Å². The zero-order chi connectivity index (χ0) is 5.28. The smallest absolute Gasteiger partial charge is 0.154 e. The molecule has 0 bridgehead atoms. The molecule has 7 heavy (non-hydrogen) atoms. The van der Waals surface area contributed by atoms with Gasteiger partial charge in [0.25, 0.3) is 0 Å². The first-order chi connectivity index (χ1) is 3.29. The van der Waals surface area contributed by atoms with Crippen LogP contribution in [0, 0.1) is 6.54 Å². The first kappa shape index (κ1) is 4.50. The Labute approximate surface area is 43.4 Å². The highest BCUT2D eigenvalue weighted by atomic mass is 15.1. The molecule has 2 radical (unpaired) electrons. The van der Waals surface area contributed by atoms with Crippen molar-refractivity contribution in [2.24, 2.45) is 0 Å². The molecular weight excluding hydrogens is 88.1 g/mol. The monoisotopic (exact) mass is 96.1 g/mol. The molecular formula is C5H8N2+2. The second-order valence-corrected chi connectivity index (χ2v) is 1.65. The molecule has 36 valence electrons. The molecule has 0 amide bonds. The van der Waals surface area contributed by atoms with Crippen molar-refractivity contribution < 1.29 is 9.15 Å². The summed E-state index contributed by atoms with van der Waals surface area (Å²) in [5, 5.41) is 0. The van der Waals surface area contributed by atoms with Gasteiger partial charge in [0, 0.05) is 0 Å². The second-order valence-electron chi connectivity index (χ2n) is 1.65. The molecule has 0 aromatic carbocycles. The Morgan fingerprint density at radius 1 is 1.43 bits per heavy atom. The van der Waals surface area contributed by atoms with Crippen molar-refractivity contribution >= 4 is 12.6 Å². The summed E-state index contributed by atoms with van der Waals surface area (Å²) in [6.07, 6.45) is 3.82. The lowest BCUT2D eigenvalue weighted by molar-refractivity contribution is -0.478. The van der Waals surface area contributed by atoms with Crippen LogP contribution in [0.15, 0.2) is 0 Å². The summed E-state index contributed by atoms with van der Waals surface area (Å²) in [5.74, 6) is 0. The molecule has 0 aromatic rings. The van der Waals surface area contributed by atoms with Crippen LogP contribution in [0.25, 0.3) is 0 Å². The third-order valence-electron chi connectivity index (χ3n) is 0.820. The number of rotatable bonds is 0. The van der Waals surface area contributed by atoms with Crippen LogP contribution in [0.1, 0.15) is 0 Å². The lowest BCUT2D eigenvalue weighted by atomic mass is 10.7. The van der Waals surface area contributed by atoms with E-state index in [1.165, 1.54) is 0 Å². The third kappa shape index (κ3) is 0.856. The molecule has 1 heterocycles. The Balaban J connectivity index is 2.69. The highest BCUT2D eigenvalue weighted by Crippen LogP contribution is 1.77. The minimum Gasteiger partial charge on any atom is -0.154 e. The van der Waals surface area contributed by atoms with E-state index in [2.05, 4.69) is 6.54 Å². The average Bonchev–Trinajstić information content (AvgIpc) is 1.87. The van der Waals surface area contributed by atoms with Gasteiger partial charge in [0.2, 0.25) is 6.21 Å². The molecule has 2 heteroatoms. The van der Waals surface area contributed by atoms with Crippen LogP contribution in [0.2, 0.25) is 0 Å². The van der Waals surface area contributed by atoms with Gasteiger partial charge in [-0.1, -0.05) is 0 Å². The summed E-state index contributed by atoms with van der Waals surface area (Å²) >= 11 is 0. The number of hydrogen-bond donors (Lipinski definition) is 0. The molecule has 0 spiro atoms. The summed E-state index contributed by atoms with van der Waals surface area (Å²) in [4.78, 5) is 0. The zero-order valence-electron chi connectivity index (χ0n) is 4.55. The summed E-state index contributed by atoms with van der Waals surface area (Å²) in [6.45, 7) is 2.95. The van der Waals surface area contributed by atoms with Crippen molar-refractivity contribution in [3.63, 3.8) is 0 Å². The molecule has 0 aliphatic carbocycles. The molecule has 0 atom stereocenters. The molecule has 0 fully saturated rings. The predicted octanol–water partition coefficient (Wildman–Crippen LogP) is -0.578. The molecule has 2 nitrogen and oxygen atoms in total. The molecule has 1 rings (SSSR count). The minimum atomic E-state index is 1.88. The van der Waals surface area contributed by atoms with E-state index in [1.54, 1.807) is 0 Å². The van der Waals surface area contributed by atoms with Crippen molar-refractivity contribution in [1.82, 2.24) is 0 Å². The average molecular weight is 96.1 g/mol. The van der Waals surface area contributed by atoms with Gasteiger partial charge < -0.3 is 0 Å². The molecule has 0 N–H and O–H groups in total. The van der Waals surface area contributed by atoms with Gasteiger partial charge in [-0.3, -0.25) is 0 Å². The van der Waals surface area contributed by atoms with Crippen molar-refractivity contribution in [3.05, 3.63) is 6.54 Å². The van der Waals surface area contributed by atoms with Gasteiger partial charge in [0.15, 0.2) is 0 Å². The molecule has 0 aromatic heterocycles. The van der Waals surface area contributed by atoms with E-state index in [0.717, 1.165) is 0 Å². The predicted molar refractivity (Wildman–Crippen MR) is 27.7 cm³/mol. The van der Waals surface area contributed by atoms with Crippen LogP contribution in [-0.4, -0.2) is 35.8 Å². The summed E-state index contributed by atoms with van der Waals surface area (Å²) in [6, 6.07) is 0. The minimum absolute atomic E-state index is 1.88. The lowest BCUT2D eigenvalue weighted by Crippen LogP contribution is -2.00. The van der Waals surface area contributed by atoms with E-state index in [9.17, 15) is 0 Å². The fourth-order valence-electron chi connectivity index (χ4n) is 0.522. The van der Waals surface area contributed by atoms with Crippen molar-refractivity contribution in [3.8, 4) is 0 Å². The second kappa shape index (κ2) is 1.45. The van der Waals surface area contributed by atoms with Crippen LogP contribution >= 0.6 is 0 Å². The molecule has 0 saturated carbocycles. The quantitative estimate of drug-likeness (QED) is 0.356. The SMILES string of the molecule is C[N+]1=C[N+](C)=C[C]1. The zero-order valence-corrected chi connectivity index (χ0v) is 4.55. The maximum absolute atomic E-state index is 2.95.